The van der Waals surface area contributed by atoms with Crippen LogP contribution in [0, 0.1) is 11.8 Å². The van der Waals surface area contributed by atoms with Gasteiger partial charge in [0.1, 0.15) is 6.10 Å². The van der Waals surface area contributed by atoms with Crippen LogP contribution < -0.4 is 10.6 Å². The molecule has 47 heavy (non-hydrogen) atoms. The minimum atomic E-state index is -4.16. The van der Waals surface area contributed by atoms with Gasteiger partial charge in [-0.05, 0) is 51.0 Å². The van der Waals surface area contributed by atoms with Crippen molar-refractivity contribution in [3.8, 4) is 0 Å². The maximum atomic E-state index is 13.7. The Morgan fingerprint density at radius 3 is 2.38 bits per heavy atom. The normalized spacial score (nSPS) is 30.0. The zero-order chi connectivity index (χ0) is 35.5. The molecule has 0 aromatic rings. The third-order valence-corrected chi connectivity index (χ3v) is 8.92. The molecular weight excluding hydrogens is 631 g/mol. The van der Waals surface area contributed by atoms with Crippen molar-refractivity contribution >= 4 is 31.0 Å². The molecule has 0 saturated carbocycles. The lowest BCUT2D eigenvalue weighted by Gasteiger charge is -2.30. The van der Waals surface area contributed by atoms with Crippen molar-refractivity contribution in [2.45, 2.75) is 84.7 Å². The SMILES string of the molecule is CO[C@H]1/C=C\C=C(/C)C(=O)NC2=CC(=O)C(NCCCCP(=O)(O)O)=C(C[C@@H](C)C[C@H](OC)[C@H](O)[C@@H](C)/C=C(\C)[C@@H]1OC(C)=O)C2=O. The Kier molecular flexibility index (Phi) is 15.6. The van der Waals surface area contributed by atoms with Crippen molar-refractivity contribution in [1.82, 2.24) is 10.6 Å². The van der Waals surface area contributed by atoms with Crippen molar-refractivity contribution in [3.05, 3.63) is 58.5 Å². The summed E-state index contributed by atoms with van der Waals surface area (Å²) in [6, 6.07) is 0. The molecule has 1 amide bonds. The average molecular weight is 681 g/mol. The van der Waals surface area contributed by atoms with Crippen LogP contribution in [-0.2, 0) is 38.0 Å². The first-order chi connectivity index (χ1) is 22.0. The van der Waals surface area contributed by atoms with Gasteiger partial charge in [0.2, 0.25) is 11.6 Å². The zero-order valence-corrected chi connectivity index (χ0v) is 29.0. The molecule has 0 saturated heterocycles. The molecule has 1 heterocycles. The fourth-order valence-corrected chi connectivity index (χ4v) is 6.12. The molecule has 13 nitrogen and oxygen atoms in total. The number of esters is 1. The fourth-order valence-electron chi connectivity index (χ4n) is 5.49. The molecule has 262 valence electrons. The molecule has 14 heteroatoms. The van der Waals surface area contributed by atoms with E-state index < -0.39 is 61.4 Å². The molecule has 6 atom stereocenters. The second-order valence-electron chi connectivity index (χ2n) is 12.1. The lowest BCUT2D eigenvalue weighted by Crippen LogP contribution is -2.37. The lowest BCUT2D eigenvalue weighted by atomic mass is 9.85. The van der Waals surface area contributed by atoms with E-state index in [-0.39, 0.29) is 54.0 Å². The van der Waals surface area contributed by atoms with Crippen molar-refractivity contribution in [2.24, 2.45) is 11.8 Å². The molecule has 0 fully saturated rings. The van der Waals surface area contributed by atoms with Gasteiger partial charge < -0.3 is 39.7 Å². The minimum Gasteiger partial charge on any atom is -0.455 e. The Morgan fingerprint density at radius 1 is 1.11 bits per heavy atom. The first kappa shape index (κ1) is 40.0. The Balaban J connectivity index is 2.54. The summed E-state index contributed by atoms with van der Waals surface area (Å²) in [6.45, 7) is 8.43. The van der Waals surface area contributed by atoms with Gasteiger partial charge in [-0.25, -0.2) is 0 Å². The highest BCUT2D eigenvalue weighted by Gasteiger charge is 2.33. The predicted octanol–water partition coefficient (Wildman–Crippen LogP) is 2.78. The van der Waals surface area contributed by atoms with E-state index in [1.165, 1.54) is 34.1 Å². The van der Waals surface area contributed by atoms with Gasteiger partial charge in [0.25, 0.3) is 5.91 Å². The number of hydrogen-bond donors (Lipinski definition) is 5. The molecule has 0 aromatic heterocycles. The third kappa shape index (κ3) is 12.4. The van der Waals surface area contributed by atoms with Crippen LogP contribution in [0.4, 0.5) is 0 Å². The number of aliphatic hydroxyl groups is 1. The van der Waals surface area contributed by atoms with Crippen molar-refractivity contribution < 1.29 is 52.8 Å². The van der Waals surface area contributed by atoms with Gasteiger partial charge in [0, 0.05) is 57.0 Å². The molecule has 0 aromatic carbocycles. The number of nitrogens with one attached hydrogen (secondary N) is 2. The Hall–Kier alpha value is -3.19. The first-order valence-electron chi connectivity index (χ1n) is 15.6. The van der Waals surface area contributed by atoms with Crippen LogP contribution in [0.25, 0.3) is 0 Å². The molecule has 2 rings (SSSR count). The van der Waals surface area contributed by atoms with Crippen LogP contribution in [0.15, 0.2) is 58.5 Å². The monoisotopic (exact) mass is 680 g/mol. The summed E-state index contributed by atoms with van der Waals surface area (Å²) in [4.78, 5) is 70.3. The topological polar surface area (TPSA) is 198 Å². The van der Waals surface area contributed by atoms with Gasteiger partial charge in [0.15, 0.2) is 6.10 Å². The highest BCUT2D eigenvalue weighted by Crippen LogP contribution is 2.35. The van der Waals surface area contributed by atoms with E-state index in [9.17, 15) is 28.8 Å². The quantitative estimate of drug-likeness (QED) is 0.0786. The number of methoxy groups -OCH3 is 2. The number of amides is 1. The number of unbranched alkanes of at least 4 members (excludes halogenated alkanes) is 1. The number of ether oxygens (including phenoxy) is 3. The maximum Gasteiger partial charge on any atom is 0.325 e. The Labute approximate surface area is 276 Å². The smallest absolute Gasteiger partial charge is 0.325 e. The van der Waals surface area contributed by atoms with Gasteiger partial charge in [0.05, 0.1) is 23.6 Å². The Morgan fingerprint density at radius 2 is 1.79 bits per heavy atom. The van der Waals surface area contributed by atoms with E-state index in [4.69, 9.17) is 24.0 Å². The molecule has 2 aliphatic rings. The van der Waals surface area contributed by atoms with E-state index in [0.29, 0.717) is 18.4 Å². The molecule has 0 unspecified atom stereocenters. The van der Waals surface area contributed by atoms with E-state index in [1.54, 1.807) is 32.1 Å². The number of carbonyl (C=O) groups excluding carboxylic acids is 4. The third-order valence-electron chi connectivity index (χ3n) is 8.02. The lowest BCUT2D eigenvalue weighted by molar-refractivity contribution is -0.149. The van der Waals surface area contributed by atoms with Gasteiger partial charge in [-0.15, -0.1) is 0 Å². The first-order valence-corrected chi connectivity index (χ1v) is 17.4. The molecule has 1 aliphatic carbocycles. The number of rotatable bonds is 9. The van der Waals surface area contributed by atoms with Crippen molar-refractivity contribution in [2.75, 3.05) is 26.9 Å². The number of aliphatic hydroxyl groups excluding tert-OH is 1. The van der Waals surface area contributed by atoms with E-state index in [1.807, 2.05) is 6.92 Å². The number of Topliss-reactive ketones (excluding diaryl/α,β-unsaturated/α-hetero) is 1. The number of hydrogen-bond acceptors (Lipinski definition) is 10. The number of allylic oxidation sites excluding steroid dienone is 4. The zero-order valence-electron chi connectivity index (χ0n) is 28.1. The summed E-state index contributed by atoms with van der Waals surface area (Å²) in [5.41, 5.74) is 0.870. The van der Waals surface area contributed by atoms with E-state index >= 15 is 0 Å². The maximum absolute atomic E-state index is 13.7. The molecule has 2 bridgehead atoms. The van der Waals surface area contributed by atoms with Crippen molar-refractivity contribution in [1.29, 1.82) is 0 Å². The van der Waals surface area contributed by atoms with Gasteiger partial charge in [-0.1, -0.05) is 38.2 Å². The number of ketones is 2. The molecule has 0 radical (unpaired) electrons. The molecule has 0 spiro atoms. The molecule has 1 aliphatic heterocycles. The standard InChI is InChI=1S/C33H49N2O11P/c1-19-15-24-29(34-13-8-9-14-47(41,42)43)26(37)18-25(31(24)39)35-33(40)20(2)11-10-12-27(44-6)32(46-23(5)36)22(4)17-21(3)30(38)28(16-19)45-7/h10-12,17-19,21,27-28,30,32,34,38H,8-9,13-16H2,1-7H3,(H,35,40)(H2,41,42,43)/b12-10-,20-11+,22-17+/t19-,21+,27+,28+,30-,32+/m1/s1. The molecular formula is C33H49N2O11P. The summed E-state index contributed by atoms with van der Waals surface area (Å²) >= 11 is 0. The summed E-state index contributed by atoms with van der Waals surface area (Å²) < 4.78 is 28.1. The number of carbonyl (C=O) groups is 4. The fraction of sp³-hybridized carbons (Fsp3) is 0.576. The average Bonchev–Trinajstić information content (AvgIpc) is 2.98. The van der Waals surface area contributed by atoms with Crippen LogP contribution in [0.2, 0.25) is 0 Å². The summed E-state index contributed by atoms with van der Waals surface area (Å²) in [6.07, 6.45) is 4.97. The van der Waals surface area contributed by atoms with Crippen LogP contribution in [0.3, 0.4) is 0 Å². The minimum absolute atomic E-state index is 0.0562. The highest BCUT2D eigenvalue weighted by atomic mass is 31.2. The summed E-state index contributed by atoms with van der Waals surface area (Å²) in [5, 5.41) is 16.8. The summed E-state index contributed by atoms with van der Waals surface area (Å²) in [5.74, 6) is -2.94. The second kappa shape index (κ2) is 18.4. The van der Waals surface area contributed by atoms with Crippen LogP contribution in [-0.4, -0.2) is 89.7 Å². The van der Waals surface area contributed by atoms with Crippen LogP contribution in [0.1, 0.15) is 60.3 Å². The van der Waals surface area contributed by atoms with Crippen molar-refractivity contribution in [3.63, 3.8) is 0 Å². The van der Waals surface area contributed by atoms with E-state index in [0.717, 1.165) is 6.08 Å². The second-order valence-corrected chi connectivity index (χ2v) is 13.9. The summed E-state index contributed by atoms with van der Waals surface area (Å²) in [7, 11) is -1.24. The van der Waals surface area contributed by atoms with Crippen LogP contribution in [0.5, 0.6) is 0 Å². The molecule has 5 N–H and O–H groups in total. The Bertz CT molecular complexity index is 1370. The number of fused-ring (bicyclic) bond motifs is 2. The predicted molar refractivity (Wildman–Crippen MR) is 175 cm³/mol. The van der Waals surface area contributed by atoms with Gasteiger partial charge in [-0.3, -0.25) is 23.7 Å². The largest absolute Gasteiger partial charge is 0.455 e. The van der Waals surface area contributed by atoms with Gasteiger partial charge in [-0.2, -0.15) is 0 Å². The van der Waals surface area contributed by atoms with Gasteiger partial charge >= 0.3 is 13.6 Å². The van der Waals surface area contributed by atoms with Crippen LogP contribution >= 0.6 is 7.60 Å². The highest BCUT2D eigenvalue weighted by molar-refractivity contribution is 7.51. The van der Waals surface area contributed by atoms with E-state index in [2.05, 4.69) is 10.6 Å².